The maximum Gasteiger partial charge on any atom is 0.303 e. The van der Waals surface area contributed by atoms with Gasteiger partial charge in [-0.3, -0.25) is 14.4 Å². The number of benzene rings is 3. The number of unbranched alkanes of at least 4 members (excludes halogenated alkanes) is 1. The molecule has 0 spiro atoms. The molecule has 2 N–H and O–H groups in total. The maximum atomic E-state index is 13.4. The van der Waals surface area contributed by atoms with Gasteiger partial charge in [0.15, 0.2) is 0 Å². The minimum absolute atomic E-state index is 0.0864. The number of hydrogen-bond acceptors (Lipinski definition) is 5. The van der Waals surface area contributed by atoms with Crippen LogP contribution in [0.25, 0.3) is 22.3 Å². The molecule has 2 heterocycles. The molecule has 8 nitrogen and oxygen atoms in total. The number of nitrogens with zero attached hydrogens (tertiary/aromatic N) is 3. The molecule has 1 unspecified atom stereocenters. The van der Waals surface area contributed by atoms with Gasteiger partial charge in [-0.05, 0) is 55.7 Å². The van der Waals surface area contributed by atoms with Crippen molar-refractivity contribution >= 4 is 40.4 Å². The first-order chi connectivity index (χ1) is 18.3. The number of carboxylic acid groups (broad SMARTS) is 1. The summed E-state index contributed by atoms with van der Waals surface area (Å²) in [6.45, 7) is 0. The Morgan fingerprint density at radius 2 is 1.76 bits per heavy atom. The van der Waals surface area contributed by atoms with Crippen molar-refractivity contribution in [2.45, 2.75) is 31.8 Å². The van der Waals surface area contributed by atoms with Crippen molar-refractivity contribution in [3.63, 3.8) is 0 Å². The van der Waals surface area contributed by atoms with E-state index in [2.05, 4.69) is 5.32 Å². The highest BCUT2D eigenvalue weighted by atomic mass is 35.5. The van der Waals surface area contributed by atoms with Gasteiger partial charge in [0, 0.05) is 40.7 Å². The van der Waals surface area contributed by atoms with Crippen molar-refractivity contribution in [2.75, 3.05) is 7.05 Å². The monoisotopic (exact) mass is 528 g/mol. The largest absolute Gasteiger partial charge is 0.481 e. The van der Waals surface area contributed by atoms with E-state index in [1.165, 1.54) is 4.90 Å². The third-order valence-corrected chi connectivity index (χ3v) is 6.88. The summed E-state index contributed by atoms with van der Waals surface area (Å²) in [7, 11) is 1.66. The molecule has 0 bridgehead atoms. The van der Waals surface area contributed by atoms with Crippen molar-refractivity contribution in [1.29, 1.82) is 0 Å². The van der Waals surface area contributed by atoms with Crippen LogP contribution >= 0.6 is 11.6 Å². The summed E-state index contributed by atoms with van der Waals surface area (Å²) >= 11 is 6.07. The Morgan fingerprint density at radius 1 is 1.00 bits per heavy atom. The van der Waals surface area contributed by atoms with E-state index >= 15 is 0 Å². The van der Waals surface area contributed by atoms with E-state index in [-0.39, 0.29) is 18.2 Å². The molecule has 1 aliphatic heterocycles. The number of carboxylic acids is 1. The predicted molar refractivity (Wildman–Crippen MR) is 144 cm³/mol. The highest BCUT2D eigenvalue weighted by Crippen LogP contribution is 2.30. The summed E-state index contributed by atoms with van der Waals surface area (Å²) in [5, 5.41) is 12.5. The van der Waals surface area contributed by atoms with Gasteiger partial charge in [0.1, 0.15) is 6.17 Å². The number of rotatable bonds is 8. The summed E-state index contributed by atoms with van der Waals surface area (Å²) in [6.07, 6.45) is 1.22. The second kappa shape index (κ2) is 10.6. The zero-order chi connectivity index (χ0) is 26.8. The first-order valence-corrected chi connectivity index (χ1v) is 12.6. The molecule has 4 aromatic rings. The van der Waals surface area contributed by atoms with Crippen molar-refractivity contribution in [1.82, 2.24) is 20.2 Å². The molecule has 1 aliphatic rings. The number of aryl methyl sites for hydroxylation is 1. The number of halogens is 1. The summed E-state index contributed by atoms with van der Waals surface area (Å²) in [6, 6.07) is 19.7. The molecule has 5 rings (SSSR count). The van der Waals surface area contributed by atoms with Gasteiger partial charge in [0.2, 0.25) is 0 Å². The van der Waals surface area contributed by atoms with Crippen LogP contribution < -0.4 is 5.32 Å². The normalized spacial score (nSPS) is 14.3. The van der Waals surface area contributed by atoms with E-state index in [0.717, 1.165) is 16.8 Å². The maximum absolute atomic E-state index is 13.4. The van der Waals surface area contributed by atoms with Crippen LogP contribution in [0.1, 0.15) is 57.4 Å². The first kappa shape index (κ1) is 25.4. The molecular weight excluding hydrogens is 504 g/mol. The molecule has 1 atom stereocenters. The van der Waals surface area contributed by atoms with Crippen LogP contribution in [0.5, 0.6) is 0 Å². The van der Waals surface area contributed by atoms with Crippen molar-refractivity contribution in [3.8, 4) is 11.3 Å². The molecule has 192 valence electrons. The van der Waals surface area contributed by atoms with Crippen LogP contribution in [0.4, 0.5) is 0 Å². The number of fused-ring (bicyclic) bond motifs is 2. The third-order valence-electron chi connectivity index (χ3n) is 6.63. The standard InChI is InChI=1S/C29H25ClN4O4/c1-34(27-20-6-2-3-7-21(20)28(37)33-27)29(38)18-12-15-22-24(16-18)31-23(8-4-5-9-25(35)36)26(32-22)17-10-13-19(30)14-11-17/h2-3,6-7,10-16,27H,4-5,8-9H2,1H3,(H,33,37)(H,35,36). The summed E-state index contributed by atoms with van der Waals surface area (Å²) in [4.78, 5) is 47.9. The smallest absolute Gasteiger partial charge is 0.303 e. The van der Waals surface area contributed by atoms with Gasteiger partial charge in [-0.1, -0.05) is 41.9 Å². The number of carbonyl (C=O) groups excluding carboxylic acids is 2. The van der Waals surface area contributed by atoms with Gasteiger partial charge in [0.05, 0.1) is 22.4 Å². The van der Waals surface area contributed by atoms with Crippen molar-refractivity contribution in [3.05, 3.63) is 94.1 Å². The van der Waals surface area contributed by atoms with E-state index in [9.17, 15) is 14.4 Å². The Balaban J connectivity index is 1.47. The number of hydrogen-bond donors (Lipinski definition) is 2. The molecule has 3 aromatic carbocycles. The number of aliphatic carboxylic acids is 1. The summed E-state index contributed by atoms with van der Waals surface area (Å²) in [5.41, 5.74) is 5.20. The first-order valence-electron chi connectivity index (χ1n) is 12.3. The average Bonchev–Trinajstić information content (AvgIpc) is 3.26. The second-order valence-corrected chi connectivity index (χ2v) is 9.65. The molecule has 1 aromatic heterocycles. The highest BCUT2D eigenvalue weighted by molar-refractivity contribution is 6.30. The van der Waals surface area contributed by atoms with Gasteiger partial charge < -0.3 is 15.3 Å². The van der Waals surface area contributed by atoms with Crippen LogP contribution in [0, 0.1) is 0 Å². The van der Waals surface area contributed by atoms with E-state index in [4.69, 9.17) is 26.7 Å². The fraction of sp³-hybridized carbons (Fsp3) is 0.207. The molecule has 0 fully saturated rings. The molecule has 0 saturated heterocycles. The van der Waals surface area contributed by atoms with E-state index in [1.54, 1.807) is 49.5 Å². The topological polar surface area (TPSA) is 112 Å². The number of carbonyl (C=O) groups is 3. The fourth-order valence-corrected chi connectivity index (χ4v) is 4.78. The lowest BCUT2D eigenvalue weighted by Crippen LogP contribution is -2.37. The Hall–Kier alpha value is -4.30. The molecule has 38 heavy (non-hydrogen) atoms. The van der Waals surface area contributed by atoms with E-state index in [0.29, 0.717) is 52.1 Å². The van der Waals surface area contributed by atoms with Crippen molar-refractivity contribution < 1.29 is 19.5 Å². The van der Waals surface area contributed by atoms with Crippen LogP contribution in [-0.4, -0.2) is 44.8 Å². The minimum atomic E-state index is -0.833. The zero-order valence-corrected chi connectivity index (χ0v) is 21.4. The fourth-order valence-electron chi connectivity index (χ4n) is 4.65. The average molecular weight is 529 g/mol. The van der Waals surface area contributed by atoms with E-state index in [1.807, 2.05) is 24.3 Å². The predicted octanol–water partition coefficient (Wildman–Crippen LogP) is 5.26. The SMILES string of the molecule is CN(C(=O)c1ccc2nc(-c3ccc(Cl)cc3)c(CCCCC(=O)O)nc2c1)C1NC(=O)c2ccccc21. The zero-order valence-electron chi connectivity index (χ0n) is 20.6. The Kier molecular flexibility index (Phi) is 7.07. The lowest BCUT2D eigenvalue weighted by molar-refractivity contribution is -0.137. The second-order valence-electron chi connectivity index (χ2n) is 9.21. The van der Waals surface area contributed by atoms with Crippen LogP contribution in [-0.2, 0) is 11.2 Å². The quantitative estimate of drug-likeness (QED) is 0.302. The van der Waals surface area contributed by atoms with E-state index < -0.39 is 12.1 Å². The van der Waals surface area contributed by atoms with Gasteiger partial charge in [-0.25, -0.2) is 9.97 Å². The molecule has 0 radical (unpaired) electrons. The molecule has 2 amide bonds. The Labute approximate surface area is 224 Å². The lowest BCUT2D eigenvalue weighted by Gasteiger charge is -2.25. The Bertz CT molecular complexity index is 1550. The van der Waals surface area contributed by atoms with Crippen LogP contribution in [0.2, 0.25) is 5.02 Å². The molecule has 9 heteroatoms. The lowest BCUT2D eigenvalue weighted by atomic mass is 10.0. The number of nitrogens with one attached hydrogen (secondary N) is 1. The summed E-state index contributed by atoms with van der Waals surface area (Å²) in [5.74, 6) is -1.31. The van der Waals surface area contributed by atoms with Gasteiger partial charge >= 0.3 is 5.97 Å². The van der Waals surface area contributed by atoms with Crippen molar-refractivity contribution in [2.24, 2.45) is 0 Å². The molecule has 0 saturated carbocycles. The van der Waals surface area contributed by atoms with Crippen LogP contribution in [0.15, 0.2) is 66.7 Å². The number of amides is 2. The van der Waals surface area contributed by atoms with Crippen LogP contribution in [0.3, 0.4) is 0 Å². The number of aromatic nitrogens is 2. The Morgan fingerprint density at radius 3 is 2.53 bits per heavy atom. The summed E-state index contributed by atoms with van der Waals surface area (Å²) < 4.78 is 0. The third kappa shape index (κ3) is 5.08. The highest BCUT2D eigenvalue weighted by Gasteiger charge is 2.33. The van der Waals surface area contributed by atoms with Gasteiger partial charge in [-0.15, -0.1) is 0 Å². The minimum Gasteiger partial charge on any atom is -0.481 e. The van der Waals surface area contributed by atoms with Gasteiger partial charge in [-0.2, -0.15) is 0 Å². The molecular formula is C29H25ClN4O4. The van der Waals surface area contributed by atoms with Gasteiger partial charge in [0.25, 0.3) is 11.8 Å². The molecule has 0 aliphatic carbocycles.